The Morgan fingerprint density at radius 1 is 1.39 bits per heavy atom. The molecule has 0 atom stereocenters. The second kappa shape index (κ2) is 5.42. The van der Waals surface area contributed by atoms with Gasteiger partial charge in [-0.1, -0.05) is 11.6 Å². The van der Waals surface area contributed by atoms with E-state index in [0.29, 0.717) is 6.54 Å². The fourth-order valence-corrected chi connectivity index (χ4v) is 2.60. The molecular weight excluding hydrogens is 270 g/mol. The first-order chi connectivity index (χ1) is 8.56. The molecule has 94 valence electrons. The highest BCUT2D eigenvalue weighted by molar-refractivity contribution is 7.11. The number of carbonyl (C=O) groups is 1. The van der Waals surface area contributed by atoms with Crippen molar-refractivity contribution in [3.8, 4) is 0 Å². The van der Waals surface area contributed by atoms with Crippen LogP contribution in [0.1, 0.15) is 20.1 Å². The van der Waals surface area contributed by atoms with Gasteiger partial charge in [-0.2, -0.15) is 0 Å². The summed E-state index contributed by atoms with van der Waals surface area (Å²) in [5.41, 5.74) is 0.867. The maximum Gasteiger partial charge on any atom is 0.337 e. The second-order valence-corrected chi connectivity index (χ2v) is 5.65. The molecule has 0 spiro atoms. The summed E-state index contributed by atoms with van der Waals surface area (Å²) in [7, 11) is 0. The van der Waals surface area contributed by atoms with Gasteiger partial charge in [0.15, 0.2) is 0 Å². The summed E-state index contributed by atoms with van der Waals surface area (Å²) in [5, 5.41) is 12.4. The molecule has 3 nitrogen and oxygen atoms in total. The fourth-order valence-electron chi connectivity index (χ4n) is 1.57. The lowest BCUT2D eigenvalue weighted by molar-refractivity contribution is 0.0697. The van der Waals surface area contributed by atoms with Crippen molar-refractivity contribution in [1.82, 2.24) is 0 Å². The van der Waals surface area contributed by atoms with Gasteiger partial charge in [-0.15, -0.1) is 11.3 Å². The molecular formula is C13H12ClNO2S. The van der Waals surface area contributed by atoms with Crippen LogP contribution < -0.4 is 5.32 Å². The van der Waals surface area contributed by atoms with Crippen molar-refractivity contribution in [2.45, 2.75) is 13.5 Å². The monoisotopic (exact) mass is 281 g/mol. The lowest BCUT2D eigenvalue weighted by Crippen LogP contribution is -2.01. The molecule has 2 aromatic rings. The predicted molar refractivity (Wildman–Crippen MR) is 74.8 cm³/mol. The Morgan fingerprint density at radius 2 is 2.17 bits per heavy atom. The number of carboxylic acid groups (broad SMARTS) is 1. The zero-order valence-corrected chi connectivity index (χ0v) is 11.3. The molecule has 2 N–H and O–H groups in total. The number of hydrogen-bond acceptors (Lipinski definition) is 3. The molecule has 0 unspecified atom stereocenters. The molecule has 0 aliphatic heterocycles. The van der Waals surface area contributed by atoms with Crippen molar-refractivity contribution in [2.75, 3.05) is 5.32 Å². The predicted octanol–water partition coefficient (Wildman–Crippen LogP) is 4.02. The molecule has 5 heteroatoms. The van der Waals surface area contributed by atoms with E-state index in [1.165, 1.54) is 9.75 Å². The van der Waals surface area contributed by atoms with Crippen LogP contribution in [-0.4, -0.2) is 11.1 Å². The first-order valence-corrected chi connectivity index (χ1v) is 6.58. The summed E-state index contributed by atoms with van der Waals surface area (Å²) in [6.45, 7) is 2.73. The molecule has 0 bridgehead atoms. The van der Waals surface area contributed by atoms with Crippen molar-refractivity contribution in [1.29, 1.82) is 0 Å². The lowest BCUT2D eigenvalue weighted by atomic mass is 10.2. The standard InChI is InChI=1S/C13H12ClNO2S/c1-8-2-4-10(18-8)7-15-9-3-5-12(14)11(6-9)13(16)17/h2-6,15H,7H2,1H3,(H,16,17). The number of benzene rings is 1. The third-order valence-corrected chi connectivity index (χ3v) is 3.79. The van der Waals surface area contributed by atoms with Crippen LogP contribution in [0.4, 0.5) is 5.69 Å². The lowest BCUT2D eigenvalue weighted by Gasteiger charge is -2.07. The molecule has 0 aliphatic rings. The molecule has 1 aromatic heterocycles. The van der Waals surface area contributed by atoms with E-state index < -0.39 is 5.97 Å². The SMILES string of the molecule is Cc1ccc(CNc2ccc(Cl)c(C(=O)O)c2)s1. The number of halogens is 1. The summed E-state index contributed by atoms with van der Waals surface area (Å²) in [6, 6.07) is 9.03. The Hall–Kier alpha value is -1.52. The Bertz CT molecular complexity index is 580. The van der Waals surface area contributed by atoms with E-state index in [1.54, 1.807) is 29.5 Å². The van der Waals surface area contributed by atoms with Crippen molar-refractivity contribution >= 4 is 34.6 Å². The van der Waals surface area contributed by atoms with Crippen LogP contribution in [0.5, 0.6) is 0 Å². The van der Waals surface area contributed by atoms with E-state index in [-0.39, 0.29) is 10.6 Å². The Kier molecular flexibility index (Phi) is 3.89. The fraction of sp³-hybridized carbons (Fsp3) is 0.154. The van der Waals surface area contributed by atoms with Crippen molar-refractivity contribution in [2.24, 2.45) is 0 Å². The molecule has 0 amide bonds. The number of hydrogen-bond donors (Lipinski definition) is 2. The van der Waals surface area contributed by atoms with Gasteiger partial charge in [-0.25, -0.2) is 4.79 Å². The van der Waals surface area contributed by atoms with Crippen molar-refractivity contribution in [3.05, 3.63) is 50.7 Å². The number of carboxylic acids is 1. The molecule has 0 saturated heterocycles. The Balaban J connectivity index is 2.10. The summed E-state index contributed by atoms with van der Waals surface area (Å²) in [4.78, 5) is 13.4. The molecule has 1 aromatic carbocycles. The van der Waals surface area contributed by atoms with Gasteiger partial charge in [-0.3, -0.25) is 0 Å². The van der Waals surface area contributed by atoms with Gasteiger partial charge in [0.1, 0.15) is 0 Å². The molecule has 2 rings (SSSR count). The minimum Gasteiger partial charge on any atom is -0.478 e. The third kappa shape index (κ3) is 3.03. The molecule has 0 radical (unpaired) electrons. The molecule has 0 aliphatic carbocycles. The minimum atomic E-state index is -1.02. The number of anilines is 1. The quantitative estimate of drug-likeness (QED) is 0.890. The van der Waals surface area contributed by atoms with Crippen LogP contribution in [0.15, 0.2) is 30.3 Å². The molecule has 18 heavy (non-hydrogen) atoms. The number of nitrogens with one attached hydrogen (secondary N) is 1. The normalized spacial score (nSPS) is 10.3. The van der Waals surface area contributed by atoms with Crippen LogP contribution in [0.3, 0.4) is 0 Å². The van der Waals surface area contributed by atoms with Gasteiger partial charge in [-0.05, 0) is 37.3 Å². The molecule has 0 saturated carbocycles. The highest BCUT2D eigenvalue weighted by Crippen LogP contribution is 2.22. The van der Waals surface area contributed by atoms with Gasteiger partial charge >= 0.3 is 5.97 Å². The van der Waals surface area contributed by atoms with Crippen LogP contribution in [0.2, 0.25) is 5.02 Å². The van der Waals surface area contributed by atoms with Crippen LogP contribution in [0.25, 0.3) is 0 Å². The van der Waals surface area contributed by atoms with Crippen molar-refractivity contribution < 1.29 is 9.90 Å². The van der Waals surface area contributed by atoms with Gasteiger partial charge in [0.25, 0.3) is 0 Å². The van der Waals surface area contributed by atoms with E-state index >= 15 is 0 Å². The van der Waals surface area contributed by atoms with Gasteiger partial charge in [0.2, 0.25) is 0 Å². The Morgan fingerprint density at radius 3 is 2.78 bits per heavy atom. The van der Waals surface area contributed by atoms with E-state index in [1.807, 2.05) is 0 Å². The third-order valence-electron chi connectivity index (χ3n) is 2.46. The average Bonchev–Trinajstić information content (AvgIpc) is 2.74. The van der Waals surface area contributed by atoms with Crippen LogP contribution in [-0.2, 0) is 6.54 Å². The topological polar surface area (TPSA) is 49.3 Å². The van der Waals surface area contributed by atoms with E-state index in [4.69, 9.17) is 16.7 Å². The summed E-state index contributed by atoms with van der Waals surface area (Å²) in [6.07, 6.45) is 0. The first-order valence-electron chi connectivity index (χ1n) is 5.38. The minimum absolute atomic E-state index is 0.115. The van der Waals surface area contributed by atoms with Crippen molar-refractivity contribution in [3.63, 3.8) is 0 Å². The molecule has 1 heterocycles. The summed E-state index contributed by atoms with van der Waals surface area (Å²) in [5.74, 6) is -1.02. The smallest absolute Gasteiger partial charge is 0.337 e. The van der Waals surface area contributed by atoms with Gasteiger partial charge in [0, 0.05) is 22.0 Å². The number of rotatable bonds is 4. The average molecular weight is 282 g/mol. The second-order valence-electron chi connectivity index (χ2n) is 3.87. The summed E-state index contributed by atoms with van der Waals surface area (Å²) >= 11 is 7.52. The maximum atomic E-state index is 10.9. The largest absolute Gasteiger partial charge is 0.478 e. The van der Waals surface area contributed by atoms with Crippen LogP contribution >= 0.6 is 22.9 Å². The van der Waals surface area contributed by atoms with E-state index in [9.17, 15) is 4.79 Å². The van der Waals surface area contributed by atoms with Gasteiger partial charge in [0.05, 0.1) is 10.6 Å². The zero-order chi connectivity index (χ0) is 13.1. The number of aromatic carboxylic acids is 1. The molecule has 0 fully saturated rings. The zero-order valence-electron chi connectivity index (χ0n) is 9.74. The van der Waals surface area contributed by atoms with E-state index in [0.717, 1.165) is 5.69 Å². The number of aryl methyl sites for hydroxylation is 1. The highest BCUT2D eigenvalue weighted by atomic mass is 35.5. The Labute approximate surface area is 114 Å². The maximum absolute atomic E-state index is 10.9. The summed E-state index contributed by atoms with van der Waals surface area (Å²) < 4.78 is 0. The van der Waals surface area contributed by atoms with E-state index in [2.05, 4.69) is 24.4 Å². The van der Waals surface area contributed by atoms with Gasteiger partial charge < -0.3 is 10.4 Å². The first kappa shape index (κ1) is 12.9. The highest BCUT2D eigenvalue weighted by Gasteiger charge is 2.09. The van der Waals surface area contributed by atoms with Crippen LogP contribution in [0, 0.1) is 6.92 Å². The number of thiophene rings is 1.